The van der Waals surface area contributed by atoms with Gasteiger partial charge in [0.2, 0.25) is 5.78 Å². The Labute approximate surface area is 164 Å². The molecule has 5 heteroatoms. The highest BCUT2D eigenvalue weighted by Crippen LogP contribution is 2.44. The lowest BCUT2D eigenvalue weighted by atomic mass is 9.83. The third-order valence-corrected chi connectivity index (χ3v) is 5.88. The number of hydrogen-bond acceptors (Lipinski definition) is 3. The Bertz CT molecular complexity index is 883. The van der Waals surface area contributed by atoms with Crippen molar-refractivity contribution in [1.82, 2.24) is 4.90 Å². The molecule has 0 unspecified atom stereocenters. The summed E-state index contributed by atoms with van der Waals surface area (Å²) in [6, 6.07) is 13.6. The van der Waals surface area contributed by atoms with Crippen LogP contribution in [0.25, 0.3) is 0 Å². The van der Waals surface area contributed by atoms with Crippen molar-refractivity contribution in [2.45, 2.75) is 38.4 Å². The second-order valence-corrected chi connectivity index (χ2v) is 7.90. The Hall–Kier alpha value is -2.17. The lowest BCUT2D eigenvalue weighted by molar-refractivity contribution is -0.148. The van der Waals surface area contributed by atoms with Crippen LogP contribution in [0.15, 0.2) is 42.5 Å². The molecule has 2 aliphatic rings. The molecule has 1 saturated heterocycles. The van der Waals surface area contributed by atoms with E-state index in [1.165, 1.54) is 5.56 Å². The van der Waals surface area contributed by atoms with Gasteiger partial charge in [-0.2, -0.15) is 0 Å². The Morgan fingerprint density at radius 3 is 2.52 bits per heavy atom. The fourth-order valence-corrected chi connectivity index (χ4v) is 4.24. The maximum absolute atomic E-state index is 12.6. The molecule has 0 N–H and O–H groups in total. The number of carbonyl (C=O) groups is 2. The number of aryl methyl sites for hydroxylation is 1. The fraction of sp³-hybridized carbons (Fsp3) is 0.364. The number of piperidine rings is 1. The smallest absolute Gasteiger partial charge is 0.290 e. The summed E-state index contributed by atoms with van der Waals surface area (Å²) in [5.74, 6) is -0.742. The summed E-state index contributed by atoms with van der Waals surface area (Å²) in [5, 5.41) is 0.712. The minimum Gasteiger partial charge on any atom is -0.365 e. The maximum Gasteiger partial charge on any atom is 0.290 e. The lowest BCUT2D eigenvalue weighted by Gasteiger charge is -2.39. The number of Topliss-reactive ketones (excluding diaryl/α,β-unsaturated/α-hetero) is 1. The van der Waals surface area contributed by atoms with Crippen LogP contribution in [0.3, 0.4) is 0 Å². The minimum absolute atomic E-state index is 0.151. The first-order chi connectivity index (χ1) is 13.0. The summed E-state index contributed by atoms with van der Waals surface area (Å²) in [6.07, 6.45) is 1.55. The van der Waals surface area contributed by atoms with Crippen LogP contribution in [-0.4, -0.2) is 29.7 Å². The molecule has 0 atom stereocenters. The van der Waals surface area contributed by atoms with Gasteiger partial charge in [0.25, 0.3) is 5.91 Å². The van der Waals surface area contributed by atoms with E-state index in [2.05, 4.69) is 0 Å². The molecular weight excluding hydrogens is 362 g/mol. The number of nitrogens with zero attached hydrogens (tertiary/aromatic N) is 1. The highest BCUT2D eigenvalue weighted by molar-refractivity contribution is 6.36. The maximum atomic E-state index is 12.6. The van der Waals surface area contributed by atoms with Crippen LogP contribution in [0.2, 0.25) is 5.02 Å². The minimum atomic E-state index is -0.389. The largest absolute Gasteiger partial charge is 0.365 e. The first-order valence-electron chi connectivity index (χ1n) is 9.27. The Balaban J connectivity index is 1.40. The van der Waals surface area contributed by atoms with Crippen molar-refractivity contribution in [3.05, 3.63) is 69.7 Å². The molecule has 140 valence electrons. The molecule has 0 bridgehead atoms. The number of halogens is 1. The molecule has 0 aliphatic carbocycles. The summed E-state index contributed by atoms with van der Waals surface area (Å²) < 4.78 is 6.12. The van der Waals surface area contributed by atoms with Crippen LogP contribution in [0.5, 0.6) is 0 Å². The fourth-order valence-electron chi connectivity index (χ4n) is 4.05. The van der Waals surface area contributed by atoms with Crippen molar-refractivity contribution >= 4 is 23.3 Å². The average molecular weight is 384 g/mol. The van der Waals surface area contributed by atoms with Crippen LogP contribution < -0.4 is 0 Å². The van der Waals surface area contributed by atoms with Gasteiger partial charge < -0.3 is 9.64 Å². The Morgan fingerprint density at radius 1 is 1.11 bits per heavy atom. The van der Waals surface area contributed by atoms with Gasteiger partial charge in [-0.3, -0.25) is 9.59 Å². The molecule has 0 radical (unpaired) electrons. The molecule has 2 aliphatic heterocycles. The molecule has 0 aromatic heterocycles. The molecule has 2 heterocycles. The van der Waals surface area contributed by atoms with E-state index in [4.69, 9.17) is 16.3 Å². The van der Waals surface area contributed by atoms with E-state index in [9.17, 15) is 9.59 Å². The zero-order valence-corrected chi connectivity index (χ0v) is 16.1. The van der Waals surface area contributed by atoms with E-state index >= 15 is 0 Å². The van der Waals surface area contributed by atoms with Crippen molar-refractivity contribution < 1.29 is 14.3 Å². The van der Waals surface area contributed by atoms with Gasteiger partial charge in [-0.1, -0.05) is 47.5 Å². The van der Waals surface area contributed by atoms with Gasteiger partial charge in [0.1, 0.15) is 0 Å². The summed E-state index contributed by atoms with van der Waals surface area (Å²) >= 11 is 6.08. The van der Waals surface area contributed by atoms with E-state index in [-0.39, 0.29) is 23.7 Å². The third kappa shape index (κ3) is 3.52. The van der Waals surface area contributed by atoms with Crippen molar-refractivity contribution in [2.24, 2.45) is 0 Å². The zero-order valence-electron chi connectivity index (χ0n) is 15.3. The van der Waals surface area contributed by atoms with E-state index in [0.717, 1.165) is 16.7 Å². The molecule has 1 fully saturated rings. The molecule has 27 heavy (non-hydrogen) atoms. The van der Waals surface area contributed by atoms with Gasteiger partial charge in [-0.05, 0) is 48.6 Å². The predicted molar refractivity (Wildman–Crippen MR) is 104 cm³/mol. The Kier molecular flexibility index (Phi) is 4.79. The van der Waals surface area contributed by atoms with Crippen molar-refractivity contribution in [3.63, 3.8) is 0 Å². The normalized spacial score (nSPS) is 17.8. The molecule has 1 amide bonds. The van der Waals surface area contributed by atoms with E-state index in [1.807, 2.05) is 49.4 Å². The van der Waals surface area contributed by atoms with Crippen molar-refractivity contribution in [1.29, 1.82) is 0 Å². The standard InChI is InChI=1S/C22H22ClNO3/c1-15-2-4-16(5-3-15)12-20(25)21(26)24-10-8-22(9-11-24)19-7-6-18(23)13-17(19)14-27-22/h2-7,13H,8-12,14H2,1H3. The van der Waals surface area contributed by atoms with Crippen LogP contribution in [-0.2, 0) is 33.0 Å². The molecule has 2 aromatic rings. The number of benzene rings is 2. The Morgan fingerprint density at radius 2 is 1.81 bits per heavy atom. The van der Waals surface area contributed by atoms with E-state index in [1.54, 1.807) is 4.90 Å². The summed E-state index contributed by atoms with van der Waals surface area (Å²) in [5.41, 5.74) is 3.95. The van der Waals surface area contributed by atoms with Gasteiger partial charge in [0, 0.05) is 24.5 Å². The van der Waals surface area contributed by atoms with Crippen LogP contribution in [0.1, 0.15) is 35.1 Å². The van der Waals surface area contributed by atoms with Crippen molar-refractivity contribution in [3.8, 4) is 0 Å². The number of rotatable bonds is 3. The van der Waals surface area contributed by atoms with Crippen LogP contribution in [0, 0.1) is 6.92 Å². The first-order valence-corrected chi connectivity index (χ1v) is 9.65. The molecule has 4 nitrogen and oxygen atoms in total. The zero-order chi connectivity index (χ0) is 19.0. The quantitative estimate of drug-likeness (QED) is 0.757. The number of amides is 1. The summed E-state index contributed by atoms with van der Waals surface area (Å²) in [7, 11) is 0. The first kappa shape index (κ1) is 18.2. The summed E-state index contributed by atoms with van der Waals surface area (Å²) in [6.45, 7) is 3.61. The SMILES string of the molecule is Cc1ccc(CC(=O)C(=O)N2CCC3(CC2)OCc2cc(Cl)ccc23)cc1. The lowest BCUT2D eigenvalue weighted by Crippen LogP contribution is -2.47. The molecular formula is C22H22ClNO3. The van der Waals surface area contributed by atoms with Crippen molar-refractivity contribution in [2.75, 3.05) is 13.1 Å². The summed E-state index contributed by atoms with van der Waals surface area (Å²) in [4.78, 5) is 26.7. The van der Waals surface area contributed by atoms with Crippen LogP contribution in [0.4, 0.5) is 0 Å². The average Bonchev–Trinajstić information content (AvgIpc) is 3.01. The van der Waals surface area contributed by atoms with Gasteiger partial charge in [-0.15, -0.1) is 0 Å². The monoisotopic (exact) mass is 383 g/mol. The highest BCUT2D eigenvalue weighted by atomic mass is 35.5. The predicted octanol–water partition coefficient (Wildman–Crippen LogP) is 3.81. The molecule has 0 saturated carbocycles. The van der Waals surface area contributed by atoms with E-state index < -0.39 is 0 Å². The highest BCUT2D eigenvalue weighted by Gasteiger charge is 2.43. The van der Waals surface area contributed by atoms with Gasteiger partial charge in [0.15, 0.2) is 0 Å². The molecule has 4 rings (SSSR count). The topological polar surface area (TPSA) is 46.6 Å². The second-order valence-electron chi connectivity index (χ2n) is 7.46. The number of fused-ring (bicyclic) bond motifs is 2. The van der Waals surface area contributed by atoms with Gasteiger partial charge >= 0.3 is 0 Å². The van der Waals surface area contributed by atoms with Crippen LogP contribution >= 0.6 is 11.6 Å². The van der Waals surface area contributed by atoms with Gasteiger partial charge in [0.05, 0.1) is 12.2 Å². The molecule has 1 spiro atoms. The number of likely N-dealkylation sites (tertiary alicyclic amines) is 1. The third-order valence-electron chi connectivity index (χ3n) is 5.64. The van der Waals surface area contributed by atoms with Gasteiger partial charge in [-0.25, -0.2) is 0 Å². The second kappa shape index (κ2) is 7.10. The molecule has 2 aromatic carbocycles. The number of ether oxygens (including phenoxy) is 1. The number of hydrogen-bond donors (Lipinski definition) is 0. The number of carbonyl (C=O) groups excluding carboxylic acids is 2. The van der Waals surface area contributed by atoms with E-state index in [0.29, 0.717) is 37.6 Å². The number of ketones is 1.